The number of aryl methyl sites for hydroxylation is 3. The molecule has 0 radical (unpaired) electrons. The Morgan fingerprint density at radius 2 is 1.74 bits per heavy atom. The molecule has 0 aliphatic heterocycles. The lowest BCUT2D eigenvalue weighted by Gasteiger charge is -2.12. The number of hydrogen-bond acceptors (Lipinski definition) is 3. The van der Waals surface area contributed by atoms with E-state index in [1.807, 2.05) is 31.7 Å². The Hall–Kier alpha value is -3.93. The number of fused-ring (bicyclic) bond motifs is 1. The third-order valence-corrected chi connectivity index (χ3v) is 5.75. The maximum absolute atomic E-state index is 12.4. The van der Waals surface area contributed by atoms with Crippen LogP contribution >= 0.6 is 0 Å². The number of rotatable bonds is 4. The van der Waals surface area contributed by atoms with E-state index in [1.165, 1.54) is 5.56 Å². The molecule has 5 rings (SSSR count). The van der Waals surface area contributed by atoms with Gasteiger partial charge in [-0.25, -0.2) is 9.78 Å². The van der Waals surface area contributed by atoms with Gasteiger partial charge in [0.2, 0.25) is 0 Å². The van der Waals surface area contributed by atoms with Crippen molar-refractivity contribution in [3.63, 3.8) is 0 Å². The van der Waals surface area contributed by atoms with Gasteiger partial charge in [0.25, 0.3) is 0 Å². The Kier molecular flexibility index (Phi) is 4.55. The minimum absolute atomic E-state index is 0.0325. The molecule has 0 saturated carbocycles. The van der Waals surface area contributed by atoms with E-state index in [0.29, 0.717) is 6.54 Å². The van der Waals surface area contributed by atoms with Crippen LogP contribution in [-0.2, 0) is 20.6 Å². The van der Waals surface area contributed by atoms with Crippen LogP contribution in [0.4, 0.5) is 0 Å². The normalized spacial score (nSPS) is 11.3. The second kappa shape index (κ2) is 7.40. The Bertz CT molecular complexity index is 1460. The zero-order valence-corrected chi connectivity index (χ0v) is 17.8. The van der Waals surface area contributed by atoms with Crippen LogP contribution in [0, 0.1) is 6.92 Å². The summed E-state index contributed by atoms with van der Waals surface area (Å²) in [5, 5.41) is 0. The highest BCUT2D eigenvalue weighted by molar-refractivity contribution is 5.86. The van der Waals surface area contributed by atoms with Gasteiger partial charge in [-0.1, -0.05) is 35.9 Å². The smallest absolute Gasteiger partial charge is 0.326 e. The summed E-state index contributed by atoms with van der Waals surface area (Å²) in [6.45, 7) is 2.75. The number of aromatic nitrogens is 5. The topological polar surface area (TPSA) is 57.6 Å². The first-order chi connectivity index (χ1) is 15.0. The fourth-order valence-corrected chi connectivity index (χ4v) is 4.15. The van der Waals surface area contributed by atoms with Crippen molar-refractivity contribution >= 4 is 11.0 Å². The molecule has 6 nitrogen and oxygen atoms in total. The molecule has 5 aromatic rings. The molecule has 3 heterocycles. The third-order valence-electron chi connectivity index (χ3n) is 5.75. The lowest BCUT2D eigenvalue weighted by Crippen LogP contribution is -2.19. The lowest BCUT2D eigenvalue weighted by atomic mass is 10.0. The Balaban J connectivity index is 1.73. The summed E-state index contributed by atoms with van der Waals surface area (Å²) in [5.41, 5.74) is 8.10. The van der Waals surface area contributed by atoms with Gasteiger partial charge in [-0.2, -0.15) is 0 Å². The van der Waals surface area contributed by atoms with Crippen LogP contribution < -0.4 is 5.69 Å². The maximum Gasteiger partial charge on any atom is 0.328 e. The van der Waals surface area contributed by atoms with Crippen molar-refractivity contribution in [1.82, 2.24) is 23.7 Å². The fraction of sp³-hybridized carbons (Fsp3) is 0.160. The molecule has 6 heteroatoms. The number of hydrogen-bond donors (Lipinski definition) is 0. The van der Waals surface area contributed by atoms with E-state index in [0.717, 1.165) is 39.1 Å². The Labute approximate surface area is 180 Å². The summed E-state index contributed by atoms with van der Waals surface area (Å²) in [6.07, 6.45) is 5.54. The van der Waals surface area contributed by atoms with Crippen molar-refractivity contribution in [2.75, 3.05) is 0 Å². The van der Waals surface area contributed by atoms with E-state index < -0.39 is 0 Å². The van der Waals surface area contributed by atoms with Crippen LogP contribution in [0.25, 0.3) is 33.5 Å². The number of benzene rings is 2. The van der Waals surface area contributed by atoms with E-state index in [4.69, 9.17) is 4.98 Å². The van der Waals surface area contributed by atoms with E-state index >= 15 is 0 Å². The average Bonchev–Trinajstić information content (AvgIpc) is 3.29. The zero-order valence-electron chi connectivity index (χ0n) is 17.8. The summed E-state index contributed by atoms with van der Waals surface area (Å²) in [4.78, 5) is 21.5. The molecule has 0 fully saturated rings. The minimum Gasteiger partial charge on any atom is -0.326 e. The molecule has 0 spiro atoms. The molecule has 2 aromatic carbocycles. The minimum atomic E-state index is -0.0325. The van der Waals surface area contributed by atoms with Crippen LogP contribution in [0.3, 0.4) is 0 Å². The molecule has 0 saturated heterocycles. The molecule has 0 amide bonds. The fourth-order valence-electron chi connectivity index (χ4n) is 4.15. The predicted octanol–water partition coefficient (Wildman–Crippen LogP) is 4.16. The van der Waals surface area contributed by atoms with Crippen molar-refractivity contribution in [1.29, 1.82) is 0 Å². The lowest BCUT2D eigenvalue weighted by molar-refractivity contribution is 0.795. The van der Waals surface area contributed by atoms with Crippen LogP contribution in [0.1, 0.15) is 11.1 Å². The first-order valence-corrected chi connectivity index (χ1v) is 10.2. The molecule has 31 heavy (non-hydrogen) atoms. The van der Waals surface area contributed by atoms with Crippen molar-refractivity contribution in [2.45, 2.75) is 13.5 Å². The standard InChI is InChI=1S/C25H23N5O/c1-17-6-4-8-19(12-17)23-24(30(16-27-23)15-18-7-5-11-26-14-18)20-9-10-21-22(13-20)29(3)25(31)28(21)2/h4-14,16H,15H2,1-3H3. The highest BCUT2D eigenvalue weighted by Gasteiger charge is 2.18. The molecule has 0 aliphatic carbocycles. The molecule has 0 atom stereocenters. The summed E-state index contributed by atoms with van der Waals surface area (Å²) in [7, 11) is 3.61. The third kappa shape index (κ3) is 3.26. The summed E-state index contributed by atoms with van der Waals surface area (Å²) in [5.74, 6) is 0. The quantitative estimate of drug-likeness (QED) is 0.448. The first-order valence-electron chi connectivity index (χ1n) is 10.2. The van der Waals surface area contributed by atoms with Gasteiger partial charge in [-0.3, -0.25) is 14.1 Å². The summed E-state index contributed by atoms with van der Waals surface area (Å²) < 4.78 is 5.51. The number of nitrogens with zero attached hydrogens (tertiary/aromatic N) is 5. The molecular weight excluding hydrogens is 386 g/mol. The maximum atomic E-state index is 12.4. The van der Waals surface area contributed by atoms with E-state index in [-0.39, 0.29) is 5.69 Å². The summed E-state index contributed by atoms with van der Waals surface area (Å²) >= 11 is 0. The van der Waals surface area contributed by atoms with Gasteiger partial charge in [-0.05, 0) is 36.8 Å². The largest absolute Gasteiger partial charge is 0.328 e. The molecule has 3 aromatic heterocycles. The molecule has 0 aliphatic rings. The average molecular weight is 409 g/mol. The van der Waals surface area contributed by atoms with Gasteiger partial charge in [0.05, 0.1) is 35.3 Å². The van der Waals surface area contributed by atoms with Crippen molar-refractivity contribution in [3.8, 4) is 22.5 Å². The summed E-state index contributed by atoms with van der Waals surface area (Å²) in [6, 6.07) is 18.5. The molecular formula is C25H23N5O. The van der Waals surface area contributed by atoms with E-state index in [1.54, 1.807) is 22.4 Å². The van der Waals surface area contributed by atoms with Crippen molar-refractivity contribution in [2.24, 2.45) is 14.1 Å². The van der Waals surface area contributed by atoms with Gasteiger partial charge >= 0.3 is 5.69 Å². The Morgan fingerprint density at radius 3 is 2.52 bits per heavy atom. The predicted molar refractivity (Wildman–Crippen MR) is 123 cm³/mol. The van der Waals surface area contributed by atoms with Gasteiger partial charge in [-0.15, -0.1) is 0 Å². The van der Waals surface area contributed by atoms with E-state index in [2.05, 4.69) is 58.9 Å². The van der Waals surface area contributed by atoms with Crippen LogP contribution in [0.5, 0.6) is 0 Å². The van der Waals surface area contributed by atoms with Crippen LogP contribution in [-0.4, -0.2) is 23.7 Å². The van der Waals surface area contributed by atoms with Crippen molar-refractivity contribution in [3.05, 3.63) is 94.9 Å². The van der Waals surface area contributed by atoms with Gasteiger partial charge < -0.3 is 4.57 Å². The monoisotopic (exact) mass is 409 g/mol. The number of imidazole rings is 2. The highest BCUT2D eigenvalue weighted by Crippen LogP contribution is 2.33. The second-order valence-corrected chi connectivity index (χ2v) is 7.90. The molecule has 0 unspecified atom stereocenters. The van der Waals surface area contributed by atoms with Gasteiger partial charge in [0.15, 0.2) is 0 Å². The highest BCUT2D eigenvalue weighted by atomic mass is 16.1. The van der Waals surface area contributed by atoms with Gasteiger partial charge in [0, 0.05) is 37.6 Å². The number of pyridine rings is 1. The zero-order chi connectivity index (χ0) is 21.5. The molecule has 0 N–H and O–H groups in total. The first kappa shape index (κ1) is 19.1. The molecule has 0 bridgehead atoms. The van der Waals surface area contributed by atoms with Crippen LogP contribution in [0.2, 0.25) is 0 Å². The Morgan fingerprint density at radius 1 is 0.903 bits per heavy atom. The second-order valence-electron chi connectivity index (χ2n) is 7.90. The SMILES string of the molecule is Cc1cccc(-c2ncn(Cc3cccnc3)c2-c2ccc3c(c2)n(C)c(=O)n3C)c1. The van der Waals surface area contributed by atoms with E-state index in [9.17, 15) is 4.79 Å². The van der Waals surface area contributed by atoms with Crippen LogP contribution in [0.15, 0.2) is 78.1 Å². The van der Waals surface area contributed by atoms with Gasteiger partial charge in [0.1, 0.15) is 0 Å². The van der Waals surface area contributed by atoms with Crippen molar-refractivity contribution < 1.29 is 0 Å². The molecule has 154 valence electrons.